The van der Waals surface area contributed by atoms with Gasteiger partial charge in [0.05, 0.1) is 38.9 Å². The van der Waals surface area contributed by atoms with Crippen LogP contribution in [0, 0.1) is 0 Å². The number of Topliss-reactive ketones (excluding diaryl/α,β-unsaturated/α-hetero) is 1. The minimum Gasteiger partial charge on any atom is -0.493 e. The number of para-hydroxylation sites is 1. The number of carbonyl (C=O) groups is 1. The second-order valence-corrected chi connectivity index (χ2v) is 8.23. The monoisotopic (exact) mass is 473 g/mol. The molecule has 3 rings (SSSR count). The van der Waals surface area contributed by atoms with Crippen molar-refractivity contribution in [2.24, 2.45) is 0 Å². The van der Waals surface area contributed by atoms with Crippen LogP contribution in [0.5, 0.6) is 17.2 Å². The van der Waals surface area contributed by atoms with Gasteiger partial charge in [0, 0.05) is 34.0 Å². The van der Waals surface area contributed by atoms with Crippen molar-refractivity contribution in [2.75, 3.05) is 33.7 Å². The van der Waals surface area contributed by atoms with Crippen LogP contribution in [0.2, 0.25) is 0 Å². The third-order valence-electron chi connectivity index (χ3n) is 5.10. The lowest BCUT2D eigenvalue weighted by molar-refractivity contribution is -0.00185. The number of aromatic nitrogens is 1. The van der Waals surface area contributed by atoms with Crippen LogP contribution >= 0.6 is 11.8 Å². The summed E-state index contributed by atoms with van der Waals surface area (Å²) in [5.41, 5.74) is 2.02. The molecule has 33 heavy (non-hydrogen) atoms. The van der Waals surface area contributed by atoms with E-state index in [0.717, 1.165) is 28.2 Å². The normalized spacial score (nSPS) is 13.6. The van der Waals surface area contributed by atoms with Crippen molar-refractivity contribution >= 4 is 34.5 Å². The Balaban J connectivity index is 2.04. The summed E-state index contributed by atoms with van der Waals surface area (Å²) in [6, 6.07) is 10.8. The van der Waals surface area contributed by atoms with E-state index in [1.165, 1.54) is 21.3 Å². The fraction of sp³-hybridized carbons (Fsp3) is 0.292. The molecule has 2 aromatic carbocycles. The Bertz CT molecular complexity index is 1120. The Morgan fingerprint density at radius 2 is 1.73 bits per heavy atom. The molecule has 0 spiro atoms. The number of fused-ring (bicyclic) bond motifs is 1. The molecule has 0 aliphatic rings. The molecule has 1 aromatic heterocycles. The molecule has 3 aromatic rings. The zero-order valence-corrected chi connectivity index (χ0v) is 19.4. The maximum absolute atomic E-state index is 13.6. The highest BCUT2D eigenvalue weighted by atomic mass is 32.2. The summed E-state index contributed by atoms with van der Waals surface area (Å²) in [5, 5.41) is 29.9. The van der Waals surface area contributed by atoms with Gasteiger partial charge in [0.1, 0.15) is 6.10 Å². The van der Waals surface area contributed by atoms with Gasteiger partial charge in [-0.1, -0.05) is 18.2 Å². The van der Waals surface area contributed by atoms with Gasteiger partial charge in [-0.3, -0.25) is 4.79 Å². The second kappa shape index (κ2) is 11.2. The van der Waals surface area contributed by atoms with Crippen LogP contribution in [0.15, 0.2) is 47.5 Å². The number of hydrogen-bond acceptors (Lipinski definition) is 8. The molecule has 0 unspecified atom stereocenters. The summed E-state index contributed by atoms with van der Waals surface area (Å²) in [5.74, 6) is 0.731. The van der Waals surface area contributed by atoms with Crippen LogP contribution in [-0.2, 0) is 0 Å². The molecule has 1 heterocycles. The van der Waals surface area contributed by atoms with E-state index < -0.39 is 18.8 Å². The molecule has 0 amide bonds. The predicted molar refractivity (Wildman–Crippen MR) is 128 cm³/mol. The second-order valence-electron chi connectivity index (χ2n) is 7.17. The molecule has 4 N–H and O–H groups in total. The van der Waals surface area contributed by atoms with E-state index in [1.807, 2.05) is 24.3 Å². The molecule has 0 fully saturated rings. The molecule has 8 nitrogen and oxygen atoms in total. The molecule has 0 bridgehead atoms. The minimum atomic E-state index is -1.30. The zero-order valence-electron chi connectivity index (χ0n) is 18.6. The maximum atomic E-state index is 13.6. The van der Waals surface area contributed by atoms with Gasteiger partial charge in [-0.2, -0.15) is 0 Å². The predicted octanol–water partition coefficient (Wildman–Crippen LogP) is 2.86. The lowest BCUT2D eigenvalue weighted by atomic mass is 10.1. The molecule has 0 saturated heterocycles. The number of carbonyl (C=O) groups excluding carboxylic acids is 1. The number of aliphatic hydroxyl groups excluding tert-OH is 3. The minimum absolute atomic E-state index is 0.00603. The lowest BCUT2D eigenvalue weighted by Gasteiger charge is -2.17. The van der Waals surface area contributed by atoms with Crippen LogP contribution in [0.3, 0.4) is 0 Å². The van der Waals surface area contributed by atoms with Crippen LogP contribution in [0.25, 0.3) is 17.0 Å². The van der Waals surface area contributed by atoms with E-state index in [4.69, 9.17) is 19.3 Å². The summed E-state index contributed by atoms with van der Waals surface area (Å²) in [6.45, 7) is -0.579. The first-order chi connectivity index (χ1) is 15.9. The van der Waals surface area contributed by atoms with Crippen LogP contribution in [0.4, 0.5) is 0 Å². The summed E-state index contributed by atoms with van der Waals surface area (Å²) in [7, 11) is 4.42. The van der Waals surface area contributed by atoms with Crippen molar-refractivity contribution in [3.05, 3.63) is 58.6 Å². The number of benzene rings is 2. The standard InChI is InChI=1S/C24H27NO7S/c1-30-20-8-14(9-21(31-2)24(20)32-3)23(29)22(33-13-19(28)18(27)12-26)10-15-11-25-17-7-5-4-6-16(15)17/h4-11,18-19,25-28H,12-13H2,1-3H3/t18-,19-/m1/s1. The highest BCUT2D eigenvalue weighted by Crippen LogP contribution is 2.39. The first-order valence-electron chi connectivity index (χ1n) is 10.2. The van der Waals surface area contributed by atoms with Crippen molar-refractivity contribution in [3.8, 4) is 17.2 Å². The highest BCUT2D eigenvalue weighted by Gasteiger charge is 2.23. The number of methoxy groups -OCH3 is 3. The summed E-state index contributed by atoms with van der Waals surface area (Å²) >= 11 is 1.08. The Hall–Kier alpha value is -2.98. The molecule has 0 aliphatic heterocycles. The zero-order chi connectivity index (χ0) is 24.0. The fourth-order valence-electron chi connectivity index (χ4n) is 3.29. The number of H-pyrrole nitrogens is 1. The van der Waals surface area contributed by atoms with Crippen molar-refractivity contribution in [3.63, 3.8) is 0 Å². The first kappa shape index (κ1) is 24.7. The third kappa shape index (κ3) is 5.51. The average Bonchev–Trinajstić information content (AvgIpc) is 3.26. The van der Waals surface area contributed by atoms with E-state index in [2.05, 4.69) is 4.98 Å². The molecule has 176 valence electrons. The smallest absolute Gasteiger partial charge is 0.203 e. The number of ether oxygens (including phenoxy) is 3. The van der Waals surface area contributed by atoms with E-state index >= 15 is 0 Å². The third-order valence-corrected chi connectivity index (χ3v) is 6.22. The van der Waals surface area contributed by atoms with Crippen LogP contribution in [0.1, 0.15) is 15.9 Å². The number of hydrogen-bond donors (Lipinski definition) is 4. The molecule has 0 saturated carbocycles. The largest absolute Gasteiger partial charge is 0.493 e. The molecule has 2 atom stereocenters. The average molecular weight is 474 g/mol. The highest BCUT2D eigenvalue weighted by molar-refractivity contribution is 8.04. The Morgan fingerprint density at radius 1 is 1.06 bits per heavy atom. The molecular formula is C24H27NO7S. The van der Waals surface area contributed by atoms with E-state index in [-0.39, 0.29) is 11.5 Å². The van der Waals surface area contributed by atoms with Crippen LogP contribution in [-0.4, -0.2) is 72.0 Å². The number of thioether (sulfide) groups is 1. The number of aliphatic hydroxyl groups is 3. The Morgan fingerprint density at radius 3 is 2.33 bits per heavy atom. The first-order valence-corrected chi connectivity index (χ1v) is 11.1. The summed E-state index contributed by atoms with van der Waals surface area (Å²) in [6.07, 6.45) is 1.02. The maximum Gasteiger partial charge on any atom is 0.203 e. The van der Waals surface area contributed by atoms with E-state index in [1.54, 1.807) is 24.4 Å². The number of nitrogens with one attached hydrogen (secondary N) is 1. The molecule has 9 heteroatoms. The number of rotatable bonds is 11. The van der Waals surface area contributed by atoms with Gasteiger partial charge < -0.3 is 34.5 Å². The van der Waals surface area contributed by atoms with Crippen molar-refractivity contribution < 1.29 is 34.3 Å². The van der Waals surface area contributed by atoms with Crippen LogP contribution < -0.4 is 14.2 Å². The van der Waals surface area contributed by atoms with Gasteiger partial charge in [0.2, 0.25) is 5.75 Å². The topological polar surface area (TPSA) is 121 Å². The summed E-state index contributed by atoms with van der Waals surface area (Å²) < 4.78 is 16.1. The fourth-order valence-corrected chi connectivity index (χ4v) is 4.32. The summed E-state index contributed by atoms with van der Waals surface area (Å²) in [4.78, 5) is 17.1. The number of aromatic amines is 1. The van der Waals surface area contributed by atoms with Gasteiger partial charge in [0.25, 0.3) is 0 Å². The molecule has 0 radical (unpaired) electrons. The van der Waals surface area contributed by atoms with Gasteiger partial charge in [-0.05, 0) is 24.3 Å². The van der Waals surface area contributed by atoms with Gasteiger partial charge >= 0.3 is 0 Å². The van der Waals surface area contributed by atoms with Gasteiger partial charge in [0.15, 0.2) is 17.3 Å². The lowest BCUT2D eigenvalue weighted by Crippen LogP contribution is -2.31. The quantitative estimate of drug-likeness (QED) is 0.248. The van der Waals surface area contributed by atoms with Gasteiger partial charge in [-0.25, -0.2) is 0 Å². The molecule has 0 aliphatic carbocycles. The van der Waals surface area contributed by atoms with Crippen molar-refractivity contribution in [1.82, 2.24) is 4.98 Å². The number of allylic oxidation sites excluding steroid dienone is 1. The van der Waals surface area contributed by atoms with E-state index in [9.17, 15) is 15.0 Å². The number of ketones is 1. The van der Waals surface area contributed by atoms with Crippen molar-refractivity contribution in [2.45, 2.75) is 12.2 Å². The van der Waals surface area contributed by atoms with E-state index in [0.29, 0.717) is 27.7 Å². The molecular weight excluding hydrogens is 446 g/mol. The van der Waals surface area contributed by atoms with Gasteiger partial charge in [-0.15, -0.1) is 11.8 Å². The van der Waals surface area contributed by atoms with Crippen molar-refractivity contribution in [1.29, 1.82) is 0 Å². The Labute approximate surface area is 195 Å². The Kier molecular flexibility index (Phi) is 8.40. The SMILES string of the molecule is COc1cc(C(=O)C(=Cc2c[nH]c3ccccc23)SC[C@@H](O)[C@H](O)CO)cc(OC)c1OC.